The first-order valence-corrected chi connectivity index (χ1v) is 8.90. The number of aliphatic hydroxyl groups excluding tert-OH is 2. The molecule has 0 unspecified atom stereocenters. The zero-order chi connectivity index (χ0) is 18.5. The van der Waals surface area contributed by atoms with Crippen LogP contribution in [0.15, 0.2) is 12.3 Å². The maximum Gasteiger partial charge on any atom is 0.325 e. The minimum Gasteiger partial charge on any atom is -0.394 e. The van der Waals surface area contributed by atoms with Crippen LogP contribution in [0.25, 0.3) is 0 Å². The average Bonchev–Trinajstić information content (AvgIpc) is 3.22. The molecule has 4 atom stereocenters. The zero-order valence-electron chi connectivity index (χ0n) is 14.6. The third-order valence-electron chi connectivity index (χ3n) is 5.51. The second-order valence-electron chi connectivity index (χ2n) is 7.29. The Hall–Kier alpha value is -1.94. The van der Waals surface area contributed by atoms with Gasteiger partial charge in [0.1, 0.15) is 23.6 Å². The van der Waals surface area contributed by atoms with Crippen LogP contribution in [-0.2, 0) is 11.3 Å². The van der Waals surface area contributed by atoms with Crippen LogP contribution in [0.5, 0.6) is 0 Å². The van der Waals surface area contributed by atoms with Crippen LogP contribution in [0.1, 0.15) is 25.3 Å². The summed E-state index contributed by atoms with van der Waals surface area (Å²) in [5.74, 6) is 0.507. The lowest BCUT2D eigenvalue weighted by atomic mass is 9.95. The molecule has 1 aromatic rings. The van der Waals surface area contributed by atoms with E-state index in [2.05, 4.69) is 15.2 Å². The molecule has 2 saturated heterocycles. The summed E-state index contributed by atoms with van der Waals surface area (Å²) in [6.45, 7) is 3.07. The molecule has 4 N–H and O–H groups in total. The van der Waals surface area contributed by atoms with E-state index in [1.54, 1.807) is 6.20 Å². The van der Waals surface area contributed by atoms with Crippen molar-refractivity contribution in [1.29, 1.82) is 0 Å². The number of hydrogen-bond donors (Lipinski definition) is 4. The average molecular weight is 364 g/mol. The van der Waals surface area contributed by atoms with Gasteiger partial charge in [-0.05, 0) is 25.8 Å². The zero-order valence-corrected chi connectivity index (χ0v) is 14.6. The Morgan fingerprint density at radius 1 is 1.42 bits per heavy atom. The minimum absolute atomic E-state index is 0.201. The number of fused-ring (bicyclic) bond motifs is 1. The van der Waals surface area contributed by atoms with Gasteiger partial charge in [-0.2, -0.15) is 0 Å². The van der Waals surface area contributed by atoms with Crippen molar-refractivity contribution in [2.24, 2.45) is 0 Å². The van der Waals surface area contributed by atoms with E-state index in [1.807, 2.05) is 6.07 Å². The molecule has 2 amide bonds. The van der Waals surface area contributed by atoms with Gasteiger partial charge in [0.2, 0.25) is 0 Å². The van der Waals surface area contributed by atoms with Crippen LogP contribution in [-0.4, -0.2) is 75.0 Å². The molecular formula is C17H24N4O5. The Bertz CT molecular complexity index is 706. The van der Waals surface area contributed by atoms with E-state index in [1.165, 1.54) is 11.8 Å². The number of aromatic nitrogens is 1. The minimum atomic E-state index is -1.70. The number of nitrogens with one attached hydrogen (secondary N) is 1. The van der Waals surface area contributed by atoms with Gasteiger partial charge < -0.3 is 25.0 Å². The largest absolute Gasteiger partial charge is 0.394 e. The number of carbonyl (C=O) groups excluding carboxylic acids is 1. The molecule has 9 heteroatoms. The normalized spacial score (nSPS) is 34.2. The Kier molecular flexibility index (Phi) is 4.26. The van der Waals surface area contributed by atoms with E-state index in [-0.39, 0.29) is 6.54 Å². The van der Waals surface area contributed by atoms with Crippen LogP contribution < -0.4 is 10.2 Å². The highest BCUT2D eigenvalue weighted by atomic mass is 16.6. The predicted molar refractivity (Wildman–Crippen MR) is 92.6 cm³/mol. The van der Waals surface area contributed by atoms with Gasteiger partial charge in [0.05, 0.1) is 13.2 Å². The van der Waals surface area contributed by atoms with Crippen molar-refractivity contribution in [2.75, 3.05) is 29.9 Å². The standard InChI is InChI=1S/C17H24N4O5/c1-17(25)13(23)12(9-22)26-15(17)21-8-10-11(20-6-2-3-7-20)4-5-18-14(10)19-16(21)24/h4-5,12-13,15,22-23,25H,2-3,6-9H2,1H3,(H,18,19,24)/t12-,13-,15-,17-/m1/s1. The highest BCUT2D eigenvalue weighted by Gasteiger charge is 2.56. The molecule has 142 valence electrons. The number of hydrogen-bond acceptors (Lipinski definition) is 7. The lowest BCUT2D eigenvalue weighted by Crippen LogP contribution is -2.56. The molecule has 0 spiro atoms. The van der Waals surface area contributed by atoms with Crippen LogP contribution >= 0.6 is 0 Å². The van der Waals surface area contributed by atoms with Crippen molar-refractivity contribution >= 4 is 17.5 Å². The first kappa shape index (κ1) is 17.5. The Labute approximate surface area is 151 Å². The number of urea groups is 1. The smallest absolute Gasteiger partial charge is 0.325 e. The maximum atomic E-state index is 12.6. The molecule has 0 aromatic carbocycles. The van der Waals surface area contributed by atoms with Gasteiger partial charge in [-0.15, -0.1) is 0 Å². The molecule has 3 aliphatic heterocycles. The number of rotatable bonds is 3. The van der Waals surface area contributed by atoms with Crippen molar-refractivity contribution in [3.05, 3.63) is 17.8 Å². The molecule has 9 nitrogen and oxygen atoms in total. The number of nitrogens with zero attached hydrogens (tertiary/aromatic N) is 3. The number of aliphatic hydroxyl groups is 3. The number of ether oxygens (including phenoxy) is 1. The van der Waals surface area contributed by atoms with Crippen molar-refractivity contribution in [1.82, 2.24) is 9.88 Å². The van der Waals surface area contributed by atoms with Gasteiger partial charge in [0, 0.05) is 30.5 Å². The Morgan fingerprint density at radius 2 is 2.15 bits per heavy atom. The summed E-state index contributed by atoms with van der Waals surface area (Å²) >= 11 is 0. The Balaban J connectivity index is 1.66. The van der Waals surface area contributed by atoms with Crippen LogP contribution in [0.4, 0.5) is 16.3 Å². The van der Waals surface area contributed by atoms with Gasteiger partial charge >= 0.3 is 6.03 Å². The summed E-state index contributed by atoms with van der Waals surface area (Å²) in [6.07, 6.45) is 0.607. The SMILES string of the molecule is C[C@@]1(O)[C@H](O)[C@@H](CO)O[C@H]1N1Cc2c(N3CCCC3)ccnc2NC1=O. The summed E-state index contributed by atoms with van der Waals surface area (Å²) in [6, 6.07) is 1.47. The molecule has 26 heavy (non-hydrogen) atoms. The van der Waals surface area contributed by atoms with Gasteiger partial charge in [-0.3, -0.25) is 10.2 Å². The molecule has 4 rings (SSSR count). The van der Waals surface area contributed by atoms with Crippen molar-refractivity contribution in [3.63, 3.8) is 0 Å². The fourth-order valence-corrected chi connectivity index (χ4v) is 4.04. The van der Waals surface area contributed by atoms with Gasteiger partial charge in [0.15, 0.2) is 6.23 Å². The molecule has 1 aromatic heterocycles. The van der Waals surface area contributed by atoms with E-state index in [4.69, 9.17) is 4.74 Å². The molecule has 0 aliphatic carbocycles. The number of amides is 2. The summed E-state index contributed by atoms with van der Waals surface area (Å²) in [4.78, 5) is 20.5. The molecule has 2 fully saturated rings. The van der Waals surface area contributed by atoms with Crippen molar-refractivity contribution < 1.29 is 24.9 Å². The fourth-order valence-electron chi connectivity index (χ4n) is 4.04. The van der Waals surface area contributed by atoms with E-state index >= 15 is 0 Å². The lowest BCUT2D eigenvalue weighted by molar-refractivity contribution is -0.120. The maximum absolute atomic E-state index is 12.6. The monoisotopic (exact) mass is 364 g/mol. The van der Waals surface area contributed by atoms with E-state index in [9.17, 15) is 20.1 Å². The van der Waals surface area contributed by atoms with Gasteiger partial charge in [0.25, 0.3) is 0 Å². The second-order valence-corrected chi connectivity index (χ2v) is 7.29. The fraction of sp³-hybridized carbons (Fsp3) is 0.647. The summed E-state index contributed by atoms with van der Waals surface area (Å²) in [7, 11) is 0. The van der Waals surface area contributed by atoms with E-state index in [0.717, 1.165) is 37.2 Å². The van der Waals surface area contributed by atoms with Crippen LogP contribution in [0.2, 0.25) is 0 Å². The first-order valence-electron chi connectivity index (χ1n) is 8.90. The molecular weight excluding hydrogens is 340 g/mol. The third kappa shape index (κ3) is 2.62. The van der Waals surface area contributed by atoms with Crippen molar-refractivity contribution in [2.45, 2.75) is 50.3 Å². The van der Waals surface area contributed by atoms with Crippen LogP contribution in [0, 0.1) is 0 Å². The van der Waals surface area contributed by atoms with E-state index in [0.29, 0.717) is 5.82 Å². The molecule has 0 bridgehead atoms. The number of pyridine rings is 1. The van der Waals surface area contributed by atoms with Crippen LogP contribution in [0.3, 0.4) is 0 Å². The topological polar surface area (TPSA) is 118 Å². The predicted octanol–water partition coefficient (Wildman–Crippen LogP) is -0.142. The molecule has 0 saturated carbocycles. The van der Waals surface area contributed by atoms with E-state index < -0.39 is 36.7 Å². The molecule has 0 radical (unpaired) electrons. The third-order valence-corrected chi connectivity index (χ3v) is 5.51. The highest BCUT2D eigenvalue weighted by Crippen LogP contribution is 2.38. The quantitative estimate of drug-likeness (QED) is 0.589. The first-order chi connectivity index (χ1) is 12.4. The number of anilines is 2. The van der Waals surface area contributed by atoms with Gasteiger partial charge in [-0.25, -0.2) is 9.78 Å². The lowest BCUT2D eigenvalue weighted by Gasteiger charge is -2.39. The summed E-state index contributed by atoms with van der Waals surface area (Å²) in [5.41, 5.74) is 0.169. The summed E-state index contributed by atoms with van der Waals surface area (Å²) < 4.78 is 5.61. The van der Waals surface area contributed by atoms with Crippen molar-refractivity contribution in [3.8, 4) is 0 Å². The van der Waals surface area contributed by atoms with Gasteiger partial charge in [-0.1, -0.05) is 0 Å². The molecule has 3 aliphatic rings. The number of carbonyl (C=O) groups is 1. The summed E-state index contributed by atoms with van der Waals surface area (Å²) in [5, 5.41) is 33.0. The molecule has 4 heterocycles. The second kappa shape index (κ2) is 6.34. The highest BCUT2D eigenvalue weighted by molar-refractivity contribution is 5.92. The Morgan fingerprint density at radius 3 is 2.81 bits per heavy atom.